The van der Waals surface area contributed by atoms with Crippen LogP contribution < -0.4 is 0 Å². The number of nitriles is 1. The van der Waals surface area contributed by atoms with Gasteiger partial charge in [-0.05, 0) is 39.8 Å². The quantitative estimate of drug-likeness (QED) is 0.740. The van der Waals surface area contributed by atoms with E-state index in [1.54, 1.807) is 35.0 Å². The molecule has 0 atom stereocenters. The van der Waals surface area contributed by atoms with Gasteiger partial charge in [-0.3, -0.25) is 0 Å². The zero-order chi connectivity index (χ0) is 15.4. The Bertz CT molecular complexity index is 817. The molecular formula is C16H12FN5. The van der Waals surface area contributed by atoms with Gasteiger partial charge in [0.2, 0.25) is 0 Å². The minimum atomic E-state index is -0.268. The monoisotopic (exact) mass is 293 g/mol. The molecule has 0 aliphatic rings. The van der Waals surface area contributed by atoms with Crippen LogP contribution in [0.2, 0.25) is 0 Å². The van der Waals surface area contributed by atoms with Gasteiger partial charge in [-0.25, -0.2) is 9.07 Å². The van der Waals surface area contributed by atoms with Crippen LogP contribution in [0.15, 0.2) is 48.5 Å². The zero-order valence-electron chi connectivity index (χ0n) is 11.6. The van der Waals surface area contributed by atoms with Crippen molar-refractivity contribution in [2.24, 2.45) is 0 Å². The maximum absolute atomic E-state index is 13.7. The Labute approximate surface area is 126 Å². The third-order valence-corrected chi connectivity index (χ3v) is 3.33. The van der Waals surface area contributed by atoms with Crippen molar-refractivity contribution < 1.29 is 4.39 Å². The number of hydrogen-bond acceptors (Lipinski definition) is 4. The van der Waals surface area contributed by atoms with Crippen molar-refractivity contribution in [1.29, 1.82) is 5.26 Å². The molecule has 0 spiro atoms. The molecule has 0 saturated heterocycles. The van der Waals surface area contributed by atoms with E-state index in [1.165, 1.54) is 6.07 Å². The molecule has 3 aromatic rings. The lowest BCUT2D eigenvalue weighted by atomic mass is 10.1. The summed E-state index contributed by atoms with van der Waals surface area (Å²) in [5.41, 5.74) is 2.13. The van der Waals surface area contributed by atoms with Crippen LogP contribution in [-0.4, -0.2) is 20.2 Å². The molecule has 2 aromatic carbocycles. The summed E-state index contributed by atoms with van der Waals surface area (Å²) in [6, 6.07) is 15.9. The van der Waals surface area contributed by atoms with E-state index in [2.05, 4.69) is 21.6 Å². The number of tetrazole rings is 1. The van der Waals surface area contributed by atoms with Gasteiger partial charge in [0.1, 0.15) is 5.82 Å². The summed E-state index contributed by atoms with van der Waals surface area (Å²) in [5, 5.41) is 20.4. The van der Waals surface area contributed by atoms with Crippen molar-refractivity contribution >= 4 is 0 Å². The second-order valence-corrected chi connectivity index (χ2v) is 4.83. The van der Waals surface area contributed by atoms with Crippen LogP contribution in [0.1, 0.15) is 22.5 Å². The number of rotatable bonds is 4. The Balaban J connectivity index is 1.80. The molecule has 108 valence electrons. The standard InChI is InChI=1S/C16H12FN5/c17-15-4-2-1-3-14(15)9-16-19-20-21-22(16)11-13-7-5-12(10-18)6-8-13/h1-8H,9,11H2. The molecule has 1 heterocycles. The van der Waals surface area contributed by atoms with E-state index in [0.717, 1.165) is 5.56 Å². The lowest BCUT2D eigenvalue weighted by Gasteiger charge is -2.06. The summed E-state index contributed by atoms with van der Waals surface area (Å²) in [6.45, 7) is 0.475. The fourth-order valence-corrected chi connectivity index (χ4v) is 2.14. The highest BCUT2D eigenvalue weighted by atomic mass is 19.1. The first-order chi connectivity index (χ1) is 10.8. The Kier molecular flexibility index (Phi) is 3.88. The topological polar surface area (TPSA) is 67.4 Å². The van der Waals surface area contributed by atoms with Gasteiger partial charge in [0, 0.05) is 6.42 Å². The average Bonchev–Trinajstić information content (AvgIpc) is 2.97. The molecule has 0 unspecified atom stereocenters. The predicted molar refractivity (Wildman–Crippen MR) is 77.3 cm³/mol. The summed E-state index contributed by atoms with van der Waals surface area (Å²) >= 11 is 0. The van der Waals surface area contributed by atoms with Crippen molar-refractivity contribution in [2.45, 2.75) is 13.0 Å². The smallest absolute Gasteiger partial charge is 0.156 e. The second-order valence-electron chi connectivity index (χ2n) is 4.83. The van der Waals surface area contributed by atoms with Gasteiger partial charge in [-0.2, -0.15) is 5.26 Å². The van der Waals surface area contributed by atoms with Crippen LogP contribution in [0, 0.1) is 17.1 Å². The van der Waals surface area contributed by atoms with Crippen LogP contribution in [0.3, 0.4) is 0 Å². The van der Waals surface area contributed by atoms with Crippen molar-refractivity contribution in [2.75, 3.05) is 0 Å². The molecule has 0 aliphatic carbocycles. The molecule has 22 heavy (non-hydrogen) atoms. The maximum atomic E-state index is 13.7. The predicted octanol–water partition coefficient (Wildman–Crippen LogP) is 2.32. The molecule has 6 heteroatoms. The summed E-state index contributed by atoms with van der Waals surface area (Å²) in [5.74, 6) is 0.324. The Morgan fingerprint density at radius 2 is 1.86 bits per heavy atom. The molecule has 5 nitrogen and oxygen atoms in total. The van der Waals surface area contributed by atoms with Crippen LogP contribution >= 0.6 is 0 Å². The number of aromatic nitrogens is 4. The van der Waals surface area contributed by atoms with Gasteiger partial charge in [0.25, 0.3) is 0 Å². The second kappa shape index (κ2) is 6.14. The van der Waals surface area contributed by atoms with Gasteiger partial charge in [0.05, 0.1) is 18.2 Å². The number of nitrogens with zero attached hydrogens (tertiary/aromatic N) is 5. The molecule has 0 N–H and O–H groups in total. The summed E-state index contributed by atoms with van der Waals surface area (Å²) < 4.78 is 15.3. The molecular weight excluding hydrogens is 281 g/mol. The minimum Gasteiger partial charge on any atom is -0.225 e. The Morgan fingerprint density at radius 1 is 1.09 bits per heavy atom. The van der Waals surface area contributed by atoms with Crippen LogP contribution in [0.4, 0.5) is 4.39 Å². The Morgan fingerprint density at radius 3 is 2.59 bits per heavy atom. The van der Waals surface area contributed by atoms with Gasteiger partial charge >= 0.3 is 0 Å². The van der Waals surface area contributed by atoms with Crippen molar-refractivity contribution in [3.05, 3.63) is 76.9 Å². The SMILES string of the molecule is N#Cc1ccc(Cn2nnnc2Cc2ccccc2F)cc1. The fraction of sp³-hybridized carbons (Fsp3) is 0.125. The van der Waals surface area contributed by atoms with Gasteiger partial charge < -0.3 is 0 Å². The van der Waals surface area contributed by atoms with Gasteiger partial charge in [-0.1, -0.05) is 30.3 Å². The third-order valence-electron chi connectivity index (χ3n) is 3.33. The van der Waals surface area contributed by atoms with E-state index in [-0.39, 0.29) is 5.82 Å². The molecule has 0 bridgehead atoms. The van der Waals surface area contributed by atoms with E-state index in [0.29, 0.717) is 29.9 Å². The maximum Gasteiger partial charge on any atom is 0.156 e. The molecule has 0 radical (unpaired) electrons. The van der Waals surface area contributed by atoms with E-state index in [4.69, 9.17) is 5.26 Å². The van der Waals surface area contributed by atoms with Crippen LogP contribution in [0.5, 0.6) is 0 Å². The highest BCUT2D eigenvalue weighted by Crippen LogP contribution is 2.12. The number of halogens is 1. The first-order valence-corrected chi connectivity index (χ1v) is 6.74. The molecule has 0 aliphatic heterocycles. The highest BCUT2D eigenvalue weighted by Gasteiger charge is 2.10. The minimum absolute atomic E-state index is 0.268. The van der Waals surface area contributed by atoms with Crippen LogP contribution in [-0.2, 0) is 13.0 Å². The summed E-state index contributed by atoms with van der Waals surface area (Å²) in [4.78, 5) is 0. The fourth-order valence-electron chi connectivity index (χ4n) is 2.14. The average molecular weight is 293 g/mol. The zero-order valence-corrected chi connectivity index (χ0v) is 11.6. The molecule has 0 saturated carbocycles. The van der Waals surface area contributed by atoms with E-state index >= 15 is 0 Å². The Hall–Kier alpha value is -3.07. The van der Waals surface area contributed by atoms with Gasteiger partial charge in [-0.15, -0.1) is 5.10 Å². The summed E-state index contributed by atoms with van der Waals surface area (Å²) in [7, 11) is 0. The first kappa shape index (κ1) is 13.9. The molecule has 3 rings (SSSR count). The van der Waals surface area contributed by atoms with Gasteiger partial charge in [0.15, 0.2) is 5.82 Å². The van der Waals surface area contributed by atoms with Crippen molar-refractivity contribution in [3.8, 4) is 6.07 Å². The first-order valence-electron chi connectivity index (χ1n) is 6.74. The van der Waals surface area contributed by atoms with E-state index in [9.17, 15) is 4.39 Å². The van der Waals surface area contributed by atoms with E-state index < -0.39 is 0 Å². The van der Waals surface area contributed by atoms with Crippen molar-refractivity contribution in [3.63, 3.8) is 0 Å². The lowest BCUT2D eigenvalue weighted by molar-refractivity contribution is 0.598. The normalized spacial score (nSPS) is 10.4. The lowest BCUT2D eigenvalue weighted by Crippen LogP contribution is -2.08. The van der Waals surface area contributed by atoms with Crippen LogP contribution in [0.25, 0.3) is 0 Å². The third kappa shape index (κ3) is 2.99. The van der Waals surface area contributed by atoms with E-state index in [1.807, 2.05) is 12.1 Å². The number of benzene rings is 2. The number of hydrogen-bond donors (Lipinski definition) is 0. The molecule has 0 fully saturated rings. The highest BCUT2D eigenvalue weighted by molar-refractivity contribution is 5.31. The molecule has 0 amide bonds. The summed E-state index contributed by atoms with van der Waals surface area (Å²) in [6.07, 6.45) is 0.329. The van der Waals surface area contributed by atoms with Crippen molar-refractivity contribution in [1.82, 2.24) is 20.2 Å². The molecule has 1 aromatic heterocycles. The largest absolute Gasteiger partial charge is 0.225 e.